The van der Waals surface area contributed by atoms with Crippen molar-refractivity contribution in [2.45, 2.75) is 13.3 Å². The summed E-state index contributed by atoms with van der Waals surface area (Å²) in [6, 6.07) is 5.69. The summed E-state index contributed by atoms with van der Waals surface area (Å²) in [6.07, 6.45) is 0.955. The molecule has 0 spiro atoms. The van der Waals surface area contributed by atoms with Crippen LogP contribution in [0, 0.1) is 3.57 Å². The molecule has 2 nitrogen and oxygen atoms in total. The van der Waals surface area contributed by atoms with Gasteiger partial charge in [0.1, 0.15) is 0 Å². The number of nitrogens with one attached hydrogen (secondary N) is 1. The van der Waals surface area contributed by atoms with Crippen LogP contribution in [0.3, 0.4) is 0 Å². The van der Waals surface area contributed by atoms with Crippen LogP contribution in [-0.2, 0) is 0 Å². The Balaban J connectivity index is 2.83. The topological polar surface area (TPSA) is 29.1 Å². The van der Waals surface area contributed by atoms with Gasteiger partial charge >= 0.3 is 0 Å². The van der Waals surface area contributed by atoms with Gasteiger partial charge in [0.25, 0.3) is 5.91 Å². The summed E-state index contributed by atoms with van der Waals surface area (Å²) in [6.45, 7) is 2.76. The van der Waals surface area contributed by atoms with E-state index in [2.05, 4.69) is 43.8 Å². The van der Waals surface area contributed by atoms with Crippen molar-refractivity contribution in [2.24, 2.45) is 0 Å². The molecule has 1 aromatic carbocycles. The van der Waals surface area contributed by atoms with E-state index in [0.29, 0.717) is 0 Å². The first-order valence-electron chi connectivity index (χ1n) is 4.38. The maximum absolute atomic E-state index is 11.6. The number of hydrogen-bond donors (Lipinski definition) is 1. The standard InChI is InChI=1S/C10H11BrINO/c1-2-5-13-10(14)8-6-7(11)3-4-9(8)12/h3-4,6H,2,5H2,1H3,(H,13,14). The minimum atomic E-state index is -0.00227. The number of carbonyl (C=O) groups excluding carboxylic acids is 1. The Morgan fingerprint density at radius 2 is 2.29 bits per heavy atom. The Bertz CT molecular complexity index is 341. The Kier molecular flexibility index (Phi) is 4.88. The van der Waals surface area contributed by atoms with Gasteiger partial charge in [-0.25, -0.2) is 0 Å². The third-order valence-corrected chi connectivity index (χ3v) is 3.14. The normalized spacial score (nSPS) is 9.93. The van der Waals surface area contributed by atoms with E-state index in [0.717, 1.165) is 26.6 Å². The van der Waals surface area contributed by atoms with Crippen molar-refractivity contribution in [3.05, 3.63) is 31.8 Å². The van der Waals surface area contributed by atoms with Crippen molar-refractivity contribution < 1.29 is 4.79 Å². The molecule has 0 heterocycles. The minimum Gasteiger partial charge on any atom is -0.352 e. The highest BCUT2D eigenvalue weighted by atomic mass is 127. The van der Waals surface area contributed by atoms with E-state index in [1.807, 2.05) is 25.1 Å². The van der Waals surface area contributed by atoms with Crippen LogP contribution in [0.5, 0.6) is 0 Å². The number of amides is 1. The molecule has 0 saturated heterocycles. The molecule has 0 aliphatic heterocycles. The number of rotatable bonds is 3. The maximum atomic E-state index is 11.6. The predicted molar refractivity (Wildman–Crippen MR) is 69.5 cm³/mol. The van der Waals surface area contributed by atoms with Gasteiger partial charge in [0.15, 0.2) is 0 Å². The van der Waals surface area contributed by atoms with Crippen molar-refractivity contribution in [3.63, 3.8) is 0 Å². The highest BCUT2D eigenvalue weighted by molar-refractivity contribution is 14.1. The Morgan fingerprint density at radius 3 is 2.93 bits per heavy atom. The van der Waals surface area contributed by atoms with E-state index < -0.39 is 0 Å². The highest BCUT2D eigenvalue weighted by Gasteiger charge is 2.08. The van der Waals surface area contributed by atoms with Crippen LogP contribution in [0.15, 0.2) is 22.7 Å². The van der Waals surface area contributed by atoms with Crippen LogP contribution < -0.4 is 5.32 Å². The zero-order valence-corrected chi connectivity index (χ0v) is 11.6. The van der Waals surface area contributed by atoms with Gasteiger partial charge in [0.05, 0.1) is 5.56 Å². The number of halogens is 2. The molecule has 0 saturated carbocycles. The Labute approximate surface area is 106 Å². The van der Waals surface area contributed by atoms with Crippen LogP contribution >= 0.6 is 38.5 Å². The molecule has 0 bridgehead atoms. The molecule has 0 atom stereocenters. The van der Waals surface area contributed by atoms with Crippen molar-refractivity contribution in [3.8, 4) is 0 Å². The second-order valence-corrected chi connectivity index (χ2v) is 4.96. The first-order chi connectivity index (χ1) is 6.65. The summed E-state index contributed by atoms with van der Waals surface area (Å²) in [4.78, 5) is 11.6. The van der Waals surface area contributed by atoms with Crippen molar-refractivity contribution in [1.82, 2.24) is 5.32 Å². The Morgan fingerprint density at radius 1 is 1.57 bits per heavy atom. The molecule has 4 heteroatoms. The summed E-state index contributed by atoms with van der Waals surface area (Å²) in [5.41, 5.74) is 0.730. The first-order valence-corrected chi connectivity index (χ1v) is 6.25. The van der Waals surface area contributed by atoms with Crippen LogP contribution in [-0.4, -0.2) is 12.5 Å². The van der Waals surface area contributed by atoms with Gasteiger partial charge in [0, 0.05) is 14.6 Å². The van der Waals surface area contributed by atoms with E-state index in [9.17, 15) is 4.79 Å². The molecule has 1 aromatic rings. The lowest BCUT2D eigenvalue weighted by Gasteiger charge is -2.05. The van der Waals surface area contributed by atoms with Crippen molar-refractivity contribution in [2.75, 3.05) is 6.54 Å². The van der Waals surface area contributed by atoms with E-state index >= 15 is 0 Å². The quantitative estimate of drug-likeness (QED) is 0.816. The van der Waals surface area contributed by atoms with Crippen molar-refractivity contribution in [1.29, 1.82) is 0 Å². The smallest absolute Gasteiger partial charge is 0.252 e. The van der Waals surface area contributed by atoms with Gasteiger partial charge in [0.2, 0.25) is 0 Å². The van der Waals surface area contributed by atoms with Gasteiger partial charge in [-0.2, -0.15) is 0 Å². The third-order valence-electron chi connectivity index (χ3n) is 1.71. The van der Waals surface area contributed by atoms with Gasteiger partial charge < -0.3 is 5.32 Å². The lowest BCUT2D eigenvalue weighted by Crippen LogP contribution is -2.24. The zero-order chi connectivity index (χ0) is 10.6. The van der Waals surface area contributed by atoms with Gasteiger partial charge in [-0.1, -0.05) is 22.9 Å². The third kappa shape index (κ3) is 3.24. The van der Waals surface area contributed by atoms with Crippen LogP contribution in [0.4, 0.5) is 0 Å². The molecule has 76 valence electrons. The molecule has 1 amide bonds. The fourth-order valence-corrected chi connectivity index (χ4v) is 1.95. The summed E-state index contributed by atoms with van der Waals surface area (Å²) < 4.78 is 1.90. The molecule has 0 aromatic heterocycles. The fraction of sp³-hybridized carbons (Fsp3) is 0.300. The largest absolute Gasteiger partial charge is 0.352 e. The van der Waals surface area contributed by atoms with Crippen LogP contribution in [0.2, 0.25) is 0 Å². The average molecular weight is 368 g/mol. The van der Waals surface area contributed by atoms with Crippen LogP contribution in [0.25, 0.3) is 0 Å². The number of carbonyl (C=O) groups is 1. The van der Waals surface area contributed by atoms with E-state index in [-0.39, 0.29) is 5.91 Å². The summed E-state index contributed by atoms with van der Waals surface area (Å²) in [7, 11) is 0. The summed E-state index contributed by atoms with van der Waals surface area (Å²) in [5.74, 6) is -0.00227. The molecule has 1 rings (SSSR count). The molecular weight excluding hydrogens is 357 g/mol. The fourth-order valence-electron chi connectivity index (χ4n) is 1.01. The van der Waals surface area contributed by atoms with Gasteiger partial charge in [-0.15, -0.1) is 0 Å². The summed E-state index contributed by atoms with van der Waals surface area (Å²) >= 11 is 5.51. The summed E-state index contributed by atoms with van der Waals surface area (Å²) in [5, 5.41) is 2.85. The first kappa shape index (κ1) is 12.0. The number of hydrogen-bond acceptors (Lipinski definition) is 1. The average Bonchev–Trinajstić information content (AvgIpc) is 2.18. The molecule has 1 N–H and O–H groups in total. The molecule has 0 radical (unpaired) electrons. The molecule has 0 fully saturated rings. The SMILES string of the molecule is CCCNC(=O)c1cc(Br)ccc1I. The predicted octanol–water partition coefficient (Wildman–Crippen LogP) is 3.19. The van der Waals surface area contributed by atoms with E-state index in [1.54, 1.807) is 0 Å². The van der Waals surface area contributed by atoms with E-state index in [4.69, 9.17) is 0 Å². The molecule has 0 aliphatic rings. The van der Waals surface area contributed by atoms with E-state index in [1.165, 1.54) is 0 Å². The highest BCUT2D eigenvalue weighted by Crippen LogP contribution is 2.18. The van der Waals surface area contributed by atoms with Crippen LogP contribution in [0.1, 0.15) is 23.7 Å². The second kappa shape index (κ2) is 5.70. The second-order valence-electron chi connectivity index (χ2n) is 2.88. The minimum absolute atomic E-state index is 0.00227. The number of benzene rings is 1. The lowest BCUT2D eigenvalue weighted by atomic mass is 10.2. The molecule has 0 unspecified atom stereocenters. The molecule has 14 heavy (non-hydrogen) atoms. The maximum Gasteiger partial charge on any atom is 0.252 e. The van der Waals surface area contributed by atoms with Gasteiger partial charge in [-0.3, -0.25) is 4.79 Å². The molecule has 0 aliphatic carbocycles. The van der Waals surface area contributed by atoms with Gasteiger partial charge in [-0.05, 0) is 47.2 Å². The Hall–Kier alpha value is -0.100. The lowest BCUT2D eigenvalue weighted by molar-refractivity contribution is 0.0952. The van der Waals surface area contributed by atoms with Crippen molar-refractivity contribution >= 4 is 44.4 Å². The molecular formula is C10H11BrINO. The zero-order valence-electron chi connectivity index (χ0n) is 7.81. The monoisotopic (exact) mass is 367 g/mol.